The molecule has 1 saturated heterocycles. The third-order valence-corrected chi connectivity index (χ3v) is 5.58. The molecule has 1 atom stereocenters. The molecule has 0 aliphatic carbocycles. The molecule has 0 spiro atoms. The van der Waals surface area contributed by atoms with Crippen LogP contribution in [0.5, 0.6) is 0 Å². The van der Waals surface area contributed by atoms with Crippen LogP contribution in [0.1, 0.15) is 42.6 Å². The summed E-state index contributed by atoms with van der Waals surface area (Å²) in [5.41, 5.74) is 5.13. The van der Waals surface area contributed by atoms with Crippen molar-refractivity contribution in [3.8, 4) is 0 Å². The summed E-state index contributed by atoms with van der Waals surface area (Å²) in [6.45, 7) is 8.62. The van der Waals surface area contributed by atoms with Crippen LogP contribution >= 0.6 is 0 Å². The lowest BCUT2D eigenvalue weighted by Crippen LogP contribution is -2.33. The van der Waals surface area contributed by atoms with E-state index in [0.717, 1.165) is 48.6 Å². The number of urea groups is 1. The second-order valence-electron chi connectivity index (χ2n) is 7.63. The number of aryl methyl sites for hydroxylation is 3. The van der Waals surface area contributed by atoms with E-state index < -0.39 is 0 Å². The van der Waals surface area contributed by atoms with Gasteiger partial charge in [0.15, 0.2) is 5.65 Å². The Morgan fingerprint density at radius 1 is 1.25 bits per heavy atom. The van der Waals surface area contributed by atoms with Crippen molar-refractivity contribution in [2.45, 2.75) is 46.1 Å². The lowest BCUT2D eigenvalue weighted by atomic mass is 10.1. The number of anilines is 1. The smallest absolute Gasteiger partial charge is 0.321 e. The molecule has 1 aliphatic heterocycles. The minimum Gasteiger partial charge on any atom is -0.324 e. The zero-order valence-corrected chi connectivity index (χ0v) is 16.8. The summed E-state index contributed by atoms with van der Waals surface area (Å²) in [6.07, 6.45) is 3.77. The van der Waals surface area contributed by atoms with Crippen molar-refractivity contribution in [3.05, 3.63) is 53.5 Å². The van der Waals surface area contributed by atoms with Gasteiger partial charge in [-0.1, -0.05) is 13.0 Å². The molecular formula is C22H27N5O. The largest absolute Gasteiger partial charge is 0.324 e. The second kappa shape index (κ2) is 7.62. The number of fused-ring (bicyclic) bond motifs is 1. The summed E-state index contributed by atoms with van der Waals surface area (Å²) in [6, 6.07) is 9.91. The number of carbonyl (C=O) groups excluding carboxylic acids is 1. The van der Waals surface area contributed by atoms with Gasteiger partial charge in [0.1, 0.15) is 11.3 Å². The molecule has 146 valence electrons. The van der Waals surface area contributed by atoms with Crippen molar-refractivity contribution in [1.82, 2.24) is 19.4 Å². The lowest BCUT2D eigenvalue weighted by molar-refractivity contribution is 0.222. The van der Waals surface area contributed by atoms with Crippen LogP contribution < -0.4 is 5.32 Å². The SMILES string of the molecule is CCCn1c(C2CCN(C(=O)Nc3ccc(C)c(C)c3)C2)nc2cccnc21. The number of amides is 2. The maximum absolute atomic E-state index is 12.7. The van der Waals surface area contributed by atoms with Gasteiger partial charge in [-0.15, -0.1) is 0 Å². The molecule has 0 radical (unpaired) electrons. The third-order valence-electron chi connectivity index (χ3n) is 5.58. The van der Waals surface area contributed by atoms with E-state index in [9.17, 15) is 4.79 Å². The Balaban J connectivity index is 1.51. The van der Waals surface area contributed by atoms with E-state index in [2.05, 4.69) is 35.6 Å². The molecular weight excluding hydrogens is 350 g/mol. The first-order valence-corrected chi connectivity index (χ1v) is 10.0. The minimum atomic E-state index is -0.0398. The molecule has 1 N–H and O–H groups in total. The molecule has 3 aromatic rings. The van der Waals surface area contributed by atoms with Gasteiger partial charge in [-0.25, -0.2) is 14.8 Å². The predicted molar refractivity (Wildman–Crippen MR) is 112 cm³/mol. The summed E-state index contributed by atoms with van der Waals surface area (Å²) < 4.78 is 2.23. The maximum atomic E-state index is 12.7. The topological polar surface area (TPSA) is 63.1 Å². The van der Waals surface area contributed by atoms with Crippen LogP contribution in [-0.2, 0) is 6.54 Å². The van der Waals surface area contributed by atoms with E-state index in [0.29, 0.717) is 6.54 Å². The van der Waals surface area contributed by atoms with Crippen molar-refractivity contribution in [3.63, 3.8) is 0 Å². The fraction of sp³-hybridized carbons (Fsp3) is 0.409. The van der Waals surface area contributed by atoms with Gasteiger partial charge in [-0.2, -0.15) is 0 Å². The molecule has 1 unspecified atom stereocenters. The molecule has 0 saturated carbocycles. The minimum absolute atomic E-state index is 0.0398. The summed E-state index contributed by atoms with van der Waals surface area (Å²) >= 11 is 0. The average Bonchev–Trinajstić information content (AvgIpc) is 3.30. The zero-order valence-electron chi connectivity index (χ0n) is 16.8. The normalized spacial score (nSPS) is 16.7. The number of nitrogens with zero attached hydrogens (tertiary/aromatic N) is 4. The molecule has 28 heavy (non-hydrogen) atoms. The van der Waals surface area contributed by atoms with E-state index in [-0.39, 0.29) is 11.9 Å². The summed E-state index contributed by atoms with van der Waals surface area (Å²) in [5.74, 6) is 1.29. The van der Waals surface area contributed by atoms with Crippen LogP contribution in [0.4, 0.5) is 10.5 Å². The van der Waals surface area contributed by atoms with Crippen LogP contribution in [0.25, 0.3) is 11.2 Å². The number of likely N-dealkylation sites (tertiary alicyclic amines) is 1. The fourth-order valence-corrected chi connectivity index (χ4v) is 3.91. The van der Waals surface area contributed by atoms with Crippen LogP contribution in [0.3, 0.4) is 0 Å². The first-order valence-electron chi connectivity index (χ1n) is 10.0. The van der Waals surface area contributed by atoms with Gasteiger partial charge in [-0.3, -0.25) is 0 Å². The number of rotatable bonds is 4. The monoisotopic (exact) mass is 377 g/mol. The Morgan fingerprint density at radius 2 is 2.11 bits per heavy atom. The predicted octanol–water partition coefficient (Wildman–Crippen LogP) is 4.48. The van der Waals surface area contributed by atoms with Crippen molar-refractivity contribution in [2.24, 2.45) is 0 Å². The summed E-state index contributed by atoms with van der Waals surface area (Å²) in [7, 11) is 0. The lowest BCUT2D eigenvalue weighted by Gasteiger charge is -2.18. The highest BCUT2D eigenvalue weighted by molar-refractivity contribution is 5.89. The Labute approximate surface area is 165 Å². The quantitative estimate of drug-likeness (QED) is 0.729. The highest BCUT2D eigenvalue weighted by atomic mass is 16.2. The van der Waals surface area contributed by atoms with Crippen molar-refractivity contribution < 1.29 is 4.79 Å². The number of nitrogens with one attached hydrogen (secondary N) is 1. The summed E-state index contributed by atoms with van der Waals surface area (Å²) in [4.78, 5) is 24.0. The molecule has 2 aromatic heterocycles. The van der Waals surface area contributed by atoms with Gasteiger partial charge in [0.25, 0.3) is 0 Å². The van der Waals surface area contributed by atoms with Crippen LogP contribution in [0.2, 0.25) is 0 Å². The fourth-order valence-electron chi connectivity index (χ4n) is 3.91. The Bertz CT molecular complexity index is 1010. The number of imidazole rings is 1. The molecule has 1 aliphatic rings. The second-order valence-corrected chi connectivity index (χ2v) is 7.63. The molecule has 1 fully saturated rings. The number of carbonyl (C=O) groups is 1. The molecule has 6 heteroatoms. The van der Waals surface area contributed by atoms with Crippen molar-refractivity contribution in [2.75, 3.05) is 18.4 Å². The molecule has 3 heterocycles. The van der Waals surface area contributed by atoms with Crippen molar-refractivity contribution >= 4 is 22.9 Å². The third kappa shape index (κ3) is 3.46. The number of benzene rings is 1. The standard InChI is InChI=1S/C22H27N5O/c1-4-11-27-20(25-19-6-5-10-23-21(19)27)17-9-12-26(14-17)22(28)24-18-8-7-15(2)16(3)13-18/h5-8,10,13,17H,4,9,11-12,14H2,1-3H3,(H,24,28). The average molecular weight is 377 g/mol. The van der Waals surface area contributed by atoms with E-state index in [4.69, 9.17) is 4.98 Å². The number of aromatic nitrogens is 3. The molecule has 1 aromatic carbocycles. The highest BCUT2D eigenvalue weighted by Crippen LogP contribution is 2.29. The van der Waals surface area contributed by atoms with Gasteiger partial charge in [0.05, 0.1) is 0 Å². The zero-order chi connectivity index (χ0) is 19.7. The van der Waals surface area contributed by atoms with Gasteiger partial charge < -0.3 is 14.8 Å². The molecule has 2 amide bonds. The van der Waals surface area contributed by atoms with Gasteiger partial charge in [0, 0.05) is 37.4 Å². The number of pyridine rings is 1. The molecule has 4 rings (SSSR count). The molecule has 0 bridgehead atoms. The summed E-state index contributed by atoms with van der Waals surface area (Å²) in [5, 5.41) is 3.04. The maximum Gasteiger partial charge on any atom is 0.321 e. The van der Waals surface area contributed by atoms with E-state index >= 15 is 0 Å². The number of hydrogen-bond acceptors (Lipinski definition) is 3. The van der Waals surface area contributed by atoms with Crippen molar-refractivity contribution in [1.29, 1.82) is 0 Å². The Morgan fingerprint density at radius 3 is 2.89 bits per heavy atom. The van der Waals surface area contributed by atoms with Gasteiger partial charge >= 0.3 is 6.03 Å². The number of hydrogen-bond donors (Lipinski definition) is 1. The first-order chi connectivity index (χ1) is 13.6. The van der Waals surface area contributed by atoms with Crippen LogP contribution in [0.15, 0.2) is 36.5 Å². The first kappa shape index (κ1) is 18.5. The van der Waals surface area contributed by atoms with Crippen LogP contribution in [0, 0.1) is 13.8 Å². The highest BCUT2D eigenvalue weighted by Gasteiger charge is 2.31. The van der Waals surface area contributed by atoms with E-state index in [1.54, 1.807) is 0 Å². The van der Waals surface area contributed by atoms with E-state index in [1.807, 2.05) is 41.4 Å². The van der Waals surface area contributed by atoms with Gasteiger partial charge in [0.2, 0.25) is 0 Å². The van der Waals surface area contributed by atoms with E-state index in [1.165, 1.54) is 11.1 Å². The van der Waals surface area contributed by atoms with Crippen LogP contribution in [-0.4, -0.2) is 38.6 Å². The van der Waals surface area contributed by atoms with Gasteiger partial charge in [-0.05, 0) is 62.1 Å². The Hall–Kier alpha value is -2.89. The Kier molecular flexibility index (Phi) is 5.03. The molecule has 6 nitrogen and oxygen atoms in total.